The second kappa shape index (κ2) is 8.94. The zero-order chi connectivity index (χ0) is 21.8. The molecule has 1 saturated heterocycles. The van der Waals surface area contributed by atoms with Crippen molar-refractivity contribution in [2.75, 3.05) is 31.1 Å². The second-order valence-corrected chi connectivity index (χ2v) is 9.83. The van der Waals surface area contributed by atoms with Gasteiger partial charge in [0.1, 0.15) is 0 Å². The van der Waals surface area contributed by atoms with E-state index in [-0.39, 0.29) is 16.6 Å². The van der Waals surface area contributed by atoms with E-state index >= 15 is 0 Å². The van der Waals surface area contributed by atoms with Crippen LogP contribution < -0.4 is 4.90 Å². The van der Waals surface area contributed by atoms with Gasteiger partial charge in [-0.05, 0) is 42.3 Å². The van der Waals surface area contributed by atoms with E-state index in [0.717, 1.165) is 29.9 Å². The molecule has 0 radical (unpaired) electrons. The molecule has 3 aromatic rings. The Morgan fingerprint density at radius 3 is 2.10 bits per heavy atom. The highest BCUT2D eigenvalue weighted by molar-refractivity contribution is 7.90. The molecule has 160 valence electrons. The van der Waals surface area contributed by atoms with Gasteiger partial charge in [0.25, 0.3) is 5.91 Å². The minimum Gasteiger partial charge on any atom is -0.368 e. The van der Waals surface area contributed by atoms with E-state index in [1.54, 1.807) is 30.3 Å². The van der Waals surface area contributed by atoms with Gasteiger partial charge in [0.05, 0.1) is 10.6 Å². The van der Waals surface area contributed by atoms with Crippen LogP contribution in [0.3, 0.4) is 0 Å². The quantitative estimate of drug-likeness (QED) is 0.611. The van der Waals surface area contributed by atoms with Gasteiger partial charge >= 0.3 is 0 Å². The molecule has 31 heavy (non-hydrogen) atoms. The number of amides is 1. The molecular formula is C25H26N2O3S. The zero-order valence-electron chi connectivity index (χ0n) is 17.6. The molecule has 0 atom stereocenters. The van der Waals surface area contributed by atoms with Gasteiger partial charge in [0.2, 0.25) is 0 Å². The van der Waals surface area contributed by atoms with Gasteiger partial charge in [-0.25, -0.2) is 8.42 Å². The van der Waals surface area contributed by atoms with Crippen molar-refractivity contribution in [3.05, 3.63) is 95.6 Å². The third-order valence-electron chi connectivity index (χ3n) is 5.69. The fourth-order valence-electron chi connectivity index (χ4n) is 3.88. The van der Waals surface area contributed by atoms with Crippen LogP contribution in [0, 0.1) is 6.92 Å². The lowest BCUT2D eigenvalue weighted by molar-refractivity contribution is 0.0746. The summed E-state index contributed by atoms with van der Waals surface area (Å²) in [6.45, 7) is 4.56. The van der Waals surface area contributed by atoms with Crippen LogP contribution in [0.15, 0.2) is 83.8 Å². The molecule has 5 nitrogen and oxygen atoms in total. The lowest BCUT2D eigenvalue weighted by Gasteiger charge is -2.36. The summed E-state index contributed by atoms with van der Waals surface area (Å²) in [4.78, 5) is 17.5. The number of para-hydroxylation sites is 1. The first kappa shape index (κ1) is 21.1. The molecule has 4 rings (SSSR count). The van der Waals surface area contributed by atoms with E-state index in [0.29, 0.717) is 18.7 Å². The first-order valence-corrected chi connectivity index (χ1v) is 12.1. The molecule has 0 aromatic heterocycles. The van der Waals surface area contributed by atoms with Crippen LogP contribution in [-0.4, -0.2) is 45.4 Å². The van der Waals surface area contributed by atoms with Crippen molar-refractivity contribution < 1.29 is 13.2 Å². The van der Waals surface area contributed by atoms with Crippen molar-refractivity contribution in [1.29, 1.82) is 0 Å². The van der Waals surface area contributed by atoms with E-state index in [4.69, 9.17) is 0 Å². The Morgan fingerprint density at radius 1 is 0.839 bits per heavy atom. The number of carbonyl (C=O) groups is 1. The Labute approximate surface area is 183 Å². The number of carbonyl (C=O) groups excluding carboxylic acids is 1. The van der Waals surface area contributed by atoms with Crippen LogP contribution in [0.2, 0.25) is 0 Å². The summed E-state index contributed by atoms with van der Waals surface area (Å²) in [5, 5.41) is 0. The Kier molecular flexibility index (Phi) is 6.09. The molecule has 0 spiro atoms. The van der Waals surface area contributed by atoms with Crippen LogP contribution in [0.25, 0.3) is 0 Å². The van der Waals surface area contributed by atoms with Gasteiger partial charge in [-0.1, -0.05) is 54.6 Å². The van der Waals surface area contributed by atoms with Gasteiger partial charge in [-0.3, -0.25) is 4.79 Å². The fraction of sp³-hybridized carbons (Fsp3) is 0.240. The Morgan fingerprint density at radius 2 is 1.45 bits per heavy atom. The normalized spacial score (nSPS) is 14.5. The maximum absolute atomic E-state index is 13.2. The van der Waals surface area contributed by atoms with Gasteiger partial charge < -0.3 is 9.80 Å². The molecule has 1 amide bonds. The van der Waals surface area contributed by atoms with Gasteiger partial charge in [0.15, 0.2) is 9.84 Å². The average molecular weight is 435 g/mol. The molecule has 0 aliphatic carbocycles. The number of hydrogen-bond acceptors (Lipinski definition) is 4. The van der Waals surface area contributed by atoms with Gasteiger partial charge in [0, 0.05) is 37.4 Å². The monoisotopic (exact) mass is 434 g/mol. The summed E-state index contributed by atoms with van der Waals surface area (Å²) in [6, 6.07) is 24.1. The van der Waals surface area contributed by atoms with Crippen LogP contribution in [0.5, 0.6) is 0 Å². The van der Waals surface area contributed by atoms with Crippen molar-refractivity contribution in [3.8, 4) is 0 Å². The average Bonchev–Trinajstić information content (AvgIpc) is 2.80. The first-order valence-electron chi connectivity index (χ1n) is 10.4. The summed E-state index contributed by atoms with van der Waals surface area (Å²) in [5.41, 5.74) is 3.13. The highest BCUT2D eigenvalue weighted by Crippen LogP contribution is 2.22. The molecule has 6 heteroatoms. The molecule has 1 aliphatic heterocycles. The third-order valence-corrected chi connectivity index (χ3v) is 7.37. The molecular weight excluding hydrogens is 408 g/mol. The maximum Gasteiger partial charge on any atom is 0.254 e. The number of anilines is 1. The van der Waals surface area contributed by atoms with Crippen LogP contribution in [0.1, 0.15) is 21.5 Å². The summed E-state index contributed by atoms with van der Waals surface area (Å²) in [6.07, 6.45) is 0. The number of benzene rings is 3. The number of piperazine rings is 1. The van der Waals surface area contributed by atoms with Gasteiger partial charge in [-0.2, -0.15) is 0 Å². The smallest absolute Gasteiger partial charge is 0.254 e. The zero-order valence-corrected chi connectivity index (χ0v) is 18.4. The first-order chi connectivity index (χ1) is 14.9. The van der Waals surface area contributed by atoms with E-state index < -0.39 is 9.84 Å². The van der Waals surface area contributed by atoms with Crippen LogP contribution >= 0.6 is 0 Å². The molecule has 1 heterocycles. The number of sulfone groups is 1. The summed E-state index contributed by atoms with van der Waals surface area (Å²) in [7, 11) is -3.54. The minimum atomic E-state index is -3.54. The van der Waals surface area contributed by atoms with Crippen molar-refractivity contribution in [3.63, 3.8) is 0 Å². The maximum atomic E-state index is 13.2. The van der Waals surface area contributed by atoms with Crippen molar-refractivity contribution in [2.45, 2.75) is 17.6 Å². The highest BCUT2D eigenvalue weighted by atomic mass is 32.2. The number of hydrogen-bond donors (Lipinski definition) is 0. The standard InChI is InChI=1S/C25H26N2O3S/c1-20-12-13-23(31(29,30)19-21-8-4-2-5-9-21)18-24(20)25(28)27-16-14-26(15-17-27)22-10-6-3-7-11-22/h2-13,18H,14-17,19H2,1H3. The topological polar surface area (TPSA) is 57.7 Å². The number of aryl methyl sites for hydroxylation is 1. The minimum absolute atomic E-state index is 0.0831. The Hall–Kier alpha value is -3.12. The number of rotatable bonds is 5. The van der Waals surface area contributed by atoms with Crippen molar-refractivity contribution in [2.24, 2.45) is 0 Å². The van der Waals surface area contributed by atoms with Crippen LogP contribution in [-0.2, 0) is 15.6 Å². The predicted molar refractivity (Wildman–Crippen MR) is 123 cm³/mol. The molecule has 1 fully saturated rings. The summed E-state index contributed by atoms with van der Waals surface area (Å²) in [5.74, 6) is -0.192. The van der Waals surface area contributed by atoms with Crippen molar-refractivity contribution in [1.82, 2.24) is 4.90 Å². The lowest BCUT2D eigenvalue weighted by Crippen LogP contribution is -2.49. The molecule has 3 aromatic carbocycles. The predicted octanol–water partition coefficient (Wildman–Crippen LogP) is 3.93. The largest absolute Gasteiger partial charge is 0.368 e. The van der Waals surface area contributed by atoms with E-state index in [2.05, 4.69) is 17.0 Å². The molecule has 0 saturated carbocycles. The Bertz CT molecular complexity index is 1150. The Balaban J connectivity index is 1.50. The molecule has 0 bridgehead atoms. The molecule has 0 N–H and O–H groups in total. The van der Waals surface area contributed by atoms with Gasteiger partial charge in [-0.15, -0.1) is 0 Å². The van der Waals surface area contributed by atoms with Crippen LogP contribution in [0.4, 0.5) is 5.69 Å². The van der Waals surface area contributed by atoms with E-state index in [1.807, 2.05) is 48.2 Å². The highest BCUT2D eigenvalue weighted by Gasteiger charge is 2.25. The van der Waals surface area contributed by atoms with Crippen molar-refractivity contribution >= 4 is 21.4 Å². The van der Waals surface area contributed by atoms with E-state index in [9.17, 15) is 13.2 Å². The lowest BCUT2D eigenvalue weighted by atomic mass is 10.1. The SMILES string of the molecule is Cc1ccc(S(=O)(=O)Cc2ccccc2)cc1C(=O)N1CCN(c2ccccc2)CC1. The molecule has 0 unspecified atom stereocenters. The second-order valence-electron chi connectivity index (χ2n) is 7.84. The summed E-state index contributed by atoms with van der Waals surface area (Å²) >= 11 is 0. The summed E-state index contributed by atoms with van der Waals surface area (Å²) < 4.78 is 25.9. The fourth-order valence-corrected chi connectivity index (χ4v) is 5.25. The molecule has 1 aliphatic rings. The number of nitrogens with zero attached hydrogens (tertiary/aromatic N) is 2. The van der Waals surface area contributed by atoms with E-state index in [1.165, 1.54) is 0 Å². The third kappa shape index (κ3) is 4.80.